The second kappa shape index (κ2) is 5.69. The molecule has 0 bridgehead atoms. The van der Waals surface area contributed by atoms with Crippen molar-refractivity contribution in [3.05, 3.63) is 29.5 Å². The van der Waals surface area contributed by atoms with E-state index in [4.69, 9.17) is 4.42 Å². The van der Waals surface area contributed by atoms with Gasteiger partial charge in [0.2, 0.25) is 5.95 Å². The first-order chi connectivity index (χ1) is 10.1. The van der Waals surface area contributed by atoms with Crippen LogP contribution in [0.4, 0.5) is 5.95 Å². The number of nitrogens with one attached hydrogen (secondary N) is 2. The SMILES string of the molecule is Cc1ccoc1C(=O)Nc1nc(C2CCNCC2)nn1C. The molecule has 1 fully saturated rings. The molecule has 0 atom stereocenters. The molecule has 1 aliphatic heterocycles. The highest BCUT2D eigenvalue weighted by Gasteiger charge is 2.22. The first kappa shape index (κ1) is 13.8. The Morgan fingerprint density at radius 3 is 2.90 bits per heavy atom. The summed E-state index contributed by atoms with van der Waals surface area (Å²) < 4.78 is 6.79. The molecule has 0 spiro atoms. The van der Waals surface area contributed by atoms with Gasteiger partial charge in [0.25, 0.3) is 5.91 Å². The Bertz CT molecular complexity index is 640. The van der Waals surface area contributed by atoms with Crippen LogP contribution in [0.5, 0.6) is 0 Å². The standard InChI is InChI=1S/C14H19N5O2/c1-9-5-8-21-11(9)13(20)17-14-16-12(18-19(14)2)10-3-6-15-7-4-10/h5,8,10,15H,3-4,6-7H2,1-2H3,(H,16,17,18,20). The maximum atomic E-state index is 12.1. The van der Waals surface area contributed by atoms with Gasteiger partial charge >= 0.3 is 0 Å². The Balaban J connectivity index is 1.75. The lowest BCUT2D eigenvalue weighted by Crippen LogP contribution is -2.27. The van der Waals surface area contributed by atoms with Crippen LogP contribution in [-0.4, -0.2) is 33.8 Å². The second-order valence-electron chi connectivity index (χ2n) is 5.33. The fourth-order valence-electron chi connectivity index (χ4n) is 2.53. The van der Waals surface area contributed by atoms with E-state index >= 15 is 0 Å². The summed E-state index contributed by atoms with van der Waals surface area (Å²) in [5, 5.41) is 10.5. The Hall–Kier alpha value is -2.15. The number of aromatic nitrogens is 3. The molecule has 1 saturated heterocycles. The Kier molecular flexibility index (Phi) is 3.74. The third-order valence-electron chi connectivity index (χ3n) is 3.78. The lowest BCUT2D eigenvalue weighted by atomic mass is 9.98. The summed E-state index contributed by atoms with van der Waals surface area (Å²) in [7, 11) is 1.78. The molecule has 2 N–H and O–H groups in total. The molecule has 21 heavy (non-hydrogen) atoms. The number of nitrogens with zero attached hydrogens (tertiary/aromatic N) is 3. The molecule has 0 aliphatic carbocycles. The predicted molar refractivity (Wildman–Crippen MR) is 77.2 cm³/mol. The van der Waals surface area contributed by atoms with Crippen LogP contribution in [0.2, 0.25) is 0 Å². The van der Waals surface area contributed by atoms with E-state index in [1.54, 1.807) is 17.8 Å². The highest BCUT2D eigenvalue weighted by atomic mass is 16.3. The van der Waals surface area contributed by atoms with Gasteiger partial charge in [0.05, 0.1) is 6.26 Å². The summed E-state index contributed by atoms with van der Waals surface area (Å²) in [6, 6.07) is 1.76. The topological polar surface area (TPSA) is 85.0 Å². The smallest absolute Gasteiger partial charge is 0.293 e. The summed E-state index contributed by atoms with van der Waals surface area (Å²) in [5.74, 6) is 1.61. The fourth-order valence-corrected chi connectivity index (χ4v) is 2.53. The molecular weight excluding hydrogens is 270 g/mol. The molecule has 0 radical (unpaired) electrons. The molecule has 3 rings (SSSR count). The van der Waals surface area contributed by atoms with E-state index in [0.29, 0.717) is 17.6 Å². The number of aryl methyl sites for hydroxylation is 2. The number of hydrogen-bond acceptors (Lipinski definition) is 5. The van der Waals surface area contributed by atoms with E-state index in [1.807, 2.05) is 6.92 Å². The number of rotatable bonds is 3. The van der Waals surface area contributed by atoms with E-state index in [2.05, 4.69) is 20.7 Å². The van der Waals surface area contributed by atoms with Crippen LogP contribution >= 0.6 is 0 Å². The summed E-state index contributed by atoms with van der Waals surface area (Å²) in [6.45, 7) is 3.79. The Morgan fingerprint density at radius 1 is 1.48 bits per heavy atom. The minimum atomic E-state index is -0.301. The van der Waals surface area contributed by atoms with Gasteiger partial charge in [-0.1, -0.05) is 0 Å². The van der Waals surface area contributed by atoms with Gasteiger partial charge in [0, 0.05) is 18.5 Å². The van der Waals surface area contributed by atoms with Gasteiger partial charge in [-0.05, 0) is 38.9 Å². The number of carbonyl (C=O) groups excluding carboxylic acids is 1. The Labute approximate surface area is 122 Å². The monoisotopic (exact) mass is 289 g/mol. The third kappa shape index (κ3) is 2.82. The van der Waals surface area contributed by atoms with E-state index < -0.39 is 0 Å². The molecule has 3 heterocycles. The molecule has 2 aromatic heterocycles. The molecule has 7 heteroatoms. The van der Waals surface area contributed by atoms with Crippen molar-refractivity contribution >= 4 is 11.9 Å². The molecular formula is C14H19N5O2. The zero-order valence-electron chi connectivity index (χ0n) is 12.2. The number of piperidine rings is 1. The van der Waals surface area contributed by atoms with Crippen molar-refractivity contribution in [1.29, 1.82) is 0 Å². The van der Waals surface area contributed by atoms with E-state index in [-0.39, 0.29) is 5.91 Å². The summed E-state index contributed by atoms with van der Waals surface area (Å²) in [5.41, 5.74) is 0.799. The van der Waals surface area contributed by atoms with Crippen molar-refractivity contribution in [2.75, 3.05) is 18.4 Å². The highest BCUT2D eigenvalue weighted by molar-refractivity contribution is 6.02. The van der Waals surface area contributed by atoms with Gasteiger partial charge in [-0.25, -0.2) is 4.68 Å². The number of carbonyl (C=O) groups is 1. The fraction of sp³-hybridized carbons (Fsp3) is 0.500. The third-order valence-corrected chi connectivity index (χ3v) is 3.78. The van der Waals surface area contributed by atoms with Crippen molar-refractivity contribution in [2.24, 2.45) is 7.05 Å². The average Bonchev–Trinajstić information content (AvgIpc) is 3.07. The van der Waals surface area contributed by atoms with E-state index in [0.717, 1.165) is 37.3 Å². The van der Waals surface area contributed by atoms with E-state index in [1.165, 1.54) is 6.26 Å². The summed E-state index contributed by atoms with van der Waals surface area (Å²) >= 11 is 0. The van der Waals surface area contributed by atoms with Crippen LogP contribution in [0.1, 0.15) is 40.7 Å². The number of hydrogen-bond donors (Lipinski definition) is 2. The number of furan rings is 1. The zero-order valence-corrected chi connectivity index (χ0v) is 12.2. The summed E-state index contributed by atoms with van der Waals surface area (Å²) in [6.07, 6.45) is 3.55. The minimum Gasteiger partial charge on any atom is -0.459 e. The maximum absolute atomic E-state index is 12.1. The predicted octanol–water partition coefficient (Wildman–Crippen LogP) is 1.44. The van der Waals surface area contributed by atoms with Gasteiger partial charge in [-0.3, -0.25) is 10.1 Å². The van der Waals surface area contributed by atoms with Crippen LogP contribution in [0.3, 0.4) is 0 Å². The van der Waals surface area contributed by atoms with Gasteiger partial charge in [0.1, 0.15) is 0 Å². The number of anilines is 1. The lowest BCUT2D eigenvalue weighted by molar-refractivity contribution is 0.0994. The first-order valence-corrected chi connectivity index (χ1v) is 7.12. The van der Waals surface area contributed by atoms with Crippen LogP contribution in [0.25, 0.3) is 0 Å². The van der Waals surface area contributed by atoms with Gasteiger partial charge in [-0.15, -0.1) is 0 Å². The molecule has 2 aromatic rings. The molecule has 1 aliphatic rings. The molecule has 7 nitrogen and oxygen atoms in total. The number of amides is 1. The maximum Gasteiger partial charge on any atom is 0.293 e. The summed E-state index contributed by atoms with van der Waals surface area (Å²) in [4.78, 5) is 16.6. The minimum absolute atomic E-state index is 0.301. The highest BCUT2D eigenvalue weighted by Crippen LogP contribution is 2.23. The van der Waals surface area contributed by atoms with Crippen molar-refractivity contribution in [2.45, 2.75) is 25.7 Å². The van der Waals surface area contributed by atoms with Crippen LogP contribution < -0.4 is 10.6 Å². The molecule has 0 saturated carbocycles. The van der Waals surface area contributed by atoms with Crippen LogP contribution in [-0.2, 0) is 7.05 Å². The first-order valence-electron chi connectivity index (χ1n) is 7.12. The molecule has 0 aromatic carbocycles. The van der Waals surface area contributed by atoms with Crippen molar-refractivity contribution in [1.82, 2.24) is 20.1 Å². The van der Waals surface area contributed by atoms with Crippen LogP contribution in [0, 0.1) is 6.92 Å². The average molecular weight is 289 g/mol. The lowest BCUT2D eigenvalue weighted by Gasteiger charge is -2.19. The van der Waals surface area contributed by atoms with E-state index in [9.17, 15) is 4.79 Å². The van der Waals surface area contributed by atoms with Crippen molar-refractivity contribution in [3.8, 4) is 0 Å². The van der Waals surface area contributed by atoms with Crippen molar-refractivity contribution < 1.29 is 9.21 Å². The Morgan fingerprint density at radius 2 is 2.24 bits per heavy atom. The van der Waals surface area contributed by atoms with Gasteiger partial charge in [0.15, 0.2) is 11.6 Å². The molecule has 0 unspecified atom stereocenters. The second-order valence-corrected chi connectivity index (χ2v) is 5.33. The quantitative estimate of drug-likeness (QED) is 0.893. The van der Waals surface area contributed by atoms with Crippen LogP contribution in [0.15, 0.2) is 16.7 Å². The molecule has 112 valence electrons. The van der Waals surface area contributed by atoms with Gasteiger partial charge in [-0.2, -0.15) is 10.1 Å². The van der Waals surface area contributed by atoms with Gasteiger partial charge < -0.3 is 9.73 Å². The molecule has 1 amide bonds. The van der Waals surface area contributed by atoms with Crippen molar-refractivity contribution in [3.63, 3.8) is 0 Å². The zero-order chi connectivity index (χ0) is 14.8. The largest absolute Gasteiger partial charge is 0.459 e. The normalized spacial score (nSPS) is 16.1.